The van der Waals surface area contributed by atoms with E-state index in [1.807, 2.05) is 19.1 Å². The van der Waals surface area contributed by atoms with Gasteiger partial charge in [0.15, 0.2) is 0 Å². The fraction of sp³-hybridized carbons (Fsp3) is 0.167. The van der Waals surface area contributed by atoms with Crippen LogP contribution in [0.4, 0.5) is 0 Å². The van der Waals surface area contributed by atoms with Crippen LogP contribution < -0.4 is 4.74 Å². The number of hydrogen-bond acceptors (Lipinski definition) is 5. The van der Waals surface area contributed by atoms with Gasteiger partial charge >= 0.3 is 5.97 Å². The predicted octanol–water partition coefficient (Wildman–Crippen LogP) is 1.13. The number of benzene rings is 1. The van der Waals surface area contributed by atoms with Gasteiger partial charge in [-0.3, -0.25) is 0 Å². The molecule has 0 saturated carbocycles. The molecule has 0 fully saturated rings. The van der Waals surface area contributed by atoms with Crippen LogP contribution >= 0.6 is 0 Å². The molecule has 1 aromatic rings. The van der Waals surface area contributed by atoms with Crippen LogP contribution in [0.25, 0.3) is 0 Å². The Morgan fingerprint density at radius 3 is 2.63 bits per heavy atom. The summed E-state index contributed by atoms with van der Waals surface area (Å²) in [7, 11) is -4.02. The standard InChI is InChI=1S/C12H11NO5S/c1-8-4-2-3-5-10(8)18-7-9-6-13-11(12(14)15)19(9,16)17/h2-6H,7H2,1H3,(H,14,15). The minimum Gasteiger partial charge on any atom is -0.488 e. The average molecular weight is 281 g/mol. The molecule has 1 aliphatic heterocycles. The molecular formula is C12H11NO5S. The van der Waals surface area contributed by atoms with Crippen LogP contribution in [-0.4, -0.2) is 31.1 Å². The molecule has 0 amide bonds. The molecule has 0 atom stereocenters. The van der Waals surface area contributed by atoms with Crippen LogP contribution in [0.5, 0.6) is 5.75 Å². The summed E-state index contributed by atoms with van der Waals surface area (Å²) in [5, 5.41) is 7.85. The zero-order chi connectivity index (χ0) is 14.0. The van der Waals surface area contributed by atoms with E-state index in [0.717, 1.165) is 11.8 Å². The largest absolute Gasteiger partial charge is 0.488 e. The molecule has 6 nitrogen and oxygen atoms in total. The van der Waals surface area contributed by atoms with Gasteiger partial charge in [0.2, 0.25) is 14.9 Å². The van der Waals surface area contributed by atoms with Crippen molar-refractivity contribution in [3.05, 3.63) is 40.9 Å². The minimum atomic E-state index is -4.02. The van der Waals surface area contributed by atoms with E-state index >= 15 is 0 Å². The first kappa shape index (κ1) is 13.3. The second kappa shape index (κ2) is 4.85. The van der Waals surface area contributed by atoms with Gasteiger partial charge in [-0.1, -0.05) is 18.2 Å². The van der Waals surface area contributed by atoms with Crippen molar-refractivity contribution in [1.29, 1.82) is 0 Å². The third-order valence-corrected chi connectivity index (χ3v) is 4.27. The smallest absolute Gasteiger partial charge is 0.366 e. The Kier molecular flexibility index (Phi) is 3.39. The summed E-state index contributed by atoms with van der Waals surface area (Å²) >= 11 is 0. The molecule has 1 N–H and O–H groups in total. The number of aliphatic imine (C=N–C) groups is 1. The lowest BCUT2D eigenvalue weighted by Gasteiger charge is -2.09. The fourth-order valence-corrected chi connectivity index (χ4v) is 2.62. The summed E-state index contributed by atoms with van der Waals surface area (Å²) in [6.45, 7) is 1.58. The summed E-state index contributed by atoms with van der Waals surface area (Å²) in [5.74, 6) is -1.02. The lowest BCUT2D eigenvalue weighted by Crippen LogP contribution is -2.24. The molecule has 1 aliphatic rings. The Morgan fingerprint density at radius 2 is 2.05 bits per heavy atom. The number of carboxylic acid groups (broad SMARTS) is 1. The Balaban J connectivity index is 2.12. The number of rotatable bonds is 4. The van der Waals surface area contributed by atoms with Crippen LogP contribution in [0.3, 0.4) is 0 Å². The predicted molar refractivity (Wildman–Crippen MR) is 68.7 cm³/mol. The van der Waals surface area contributed by atoms with Crippen molar-refractivity contribution in [2.75, 3.05) is 6.61 Å². The fourth-order valence-electron chi connectivity index (χ4n) is 1.55. The van der Waals surface area contributed by atoms with Crippen LogP contribution in [0.15, 0.2) is 40.4 Å². The van der Waals surface area contributed by atoms with E-state index in [-0.39, 0.29) is 11.5 Å². The Hall–Kier alpha value is -2.15. The van der Waals surface area contributed by atoms with Crippen molar-refractivity contribution < 1.29 is 23.1 Å². The number of ether oxygens (including phenoxy) is 1. The van der Waals surface area contributed by atoms with Gasteiger partial charge in [-0.15, -0.1) is 0 Å². The molecule has 0 aromatic heterocycles. The average Bonchev–Trinajstić information content (AvgIpc) is 2.63. The lowest BCUT2D eigenvalue weighted by atomic mass is 10.2. The maximum atomic E-state index is 11.8. The van der Waals surface area contributed by atoms with Crippen LogP contribution in [0.1, 0.15) is 5.56 Å². The molecule has 7 heteroatoms. The third-order valence-electron chi connectivity index (χ3n) is 2.57. The quantitative estimate of drug-likeness (QED) is 0.892. The lowest BCUT2D eigenvalue weighted by molar-refractivity contribution is -0.129. The number of hydrogen-bond donors (Lipinski definition) is 1. The summed E-state index contributed by atoms with van der Waals surface area (Å²) in [5.41, 5.74) is 0.859. The molecule has 0 unspecified atom stereocenters. The van der Waals surface area contributed by atoms with Gasteiger partial charge in [0.25, 0.3) is 0 Å². The van der Waals surface area contributed by atoms with Crippen molar-refractivity contribution in [3.8, 4) is 5.75 Å². The molecule has 1 aromatic carbocycles. The van der Waals surface area contributed by atoms with Crippen LogP contribution in [0, 0.1) is 6.92 Å². The van der Waals surface area contributed by atoms with E-state index in [1.54, 1.807) is 12.1 Å². The number of para-hydroxylation sites is 1. The highest BCUT2D eigenvalue weighted by molar-refractivity contribution is 8.11. The molecule has 0 bridgehead atoms. The third kappa shape index (κ3) is 2.50. The highest BCUT2D eigenvalue weighted by atomic mass is 32.2. The second-order valence-electron chi connectivity index (χ2n) is 3.89. The van der Waals surface area contributed by atoms with Crippen LogP contribution in [0.2, 0.25) is 0 Å². The number of sulfone groups is 1. The topological polar surface area (TPSA) is 93.0 Å². The monoisotopic (exact) mass is 281 g/mol. The number of aliphatic carboxylic acids is 1. The maximum Gasteiger partial charge on any atom is 0.366 e. The molecule has 0 radical (unpaired) electrons. The number of carboxylic acids is 1. The normalized spacial score (nSPS) is 16.7. The molecule has 100 valence electrons. The SMILES string of the molecule is Cc1ccccc1OCC1=CN=C(C(=O)O)S1(=O)=O. The molecule has 0 spiro atoms. The first-order chi connectivity index (χ1) is 8.93. The van der Waals surface area contributed by atoms with E-state index in [0.29, 0.717) is 5.75 Å². The minimum absolute atomic E-state index is 0.159. The van der Waals surface area contributed by atoms with Gasteiger partial charge in [-0.25, -0.2) is 18.2 Å². The summed E-state index contributed by atoms with van der Waals surface area (Å²) in [6, 6.07) is 7.13. The van der Waals surface area contributed by atoms with Crippen molar-refractivity contribution in [1.82, 2.24) is 0 Å². The van der Waals surface area contributed by atoms with E-state index < -0.39 is 20.9 Å². The van der Waals surface area contributed by atoms with E-state index in [4.69, 9.17) is 9.84 Å². The number of aryl methyl sites for hydroxylation is 1. The summed E-state index contributed by atoms with van der Waals surface area (Å²) < 4.78 is 28.9. The van der Waals surface area contributed by atoms with E-state index in [1.165, 1.54) is 0 Å². The Labute approximate surface area is 110 Å². The highest BCUT2D eigenvalue weighted by Crippen LogP contribution is 2.21. The van der Waals surface area contributed by atoms with E-state index in [9.17, 15) is 13.2 Å². The summed E-state index contributed by atoms with van der Waals surface area (Å²) in [4.78, 5) is 13.9. The molecule has 0 saturated heterocycles. The number of nitrogens with zero attached hydrogens (tertiary/aromatic N) is 1. The Morgan fingerprint density at radius 1 is 1.37 bits per heavy atom. The van der Waals surface area contributed by atoms with Gasteiger partial charge < -0.3 is 9.84 Å². The molecule has 2 rings (SSSR count). The van der Waals surface area contributed by atoms with Crippen LogP contribution in [-0.2, 0) is 14.6 Å². The van der Waals surface area contributed by atoms with Gasteiger partial charge in [-0.2, -0.15) is 0 Å². The highest BCUT2D eigenvalue weighted by Gasteiger charge is 2.35. The first-order valence-electron chi connectivity index (χ1n) is 5.36. The van der Waals surface area contributed by atoms with Gasteiger partial charge in [-0.05, 0) is 18.6 Å². The van der Waals surface area contributed by atoms with Crippen molar-refractivity contribution in [2.24, 2.45) is 4.99 Å². The van der Waals surface area contributed by atoms with E-state index in [2.05, 4.69) is 4.99 Å². The molecule has 0 aliphatic carbocycles. The van der Waals surface area contributed by atoms with Gasteiger partial charge in [0.05, 0.1) is 0 Å². The molecule has 19 heavy (non-hydrogen) atoms. The zero-order valence-electron chi connectivity index (χ0n) is 10.0. The van der Waals surface area contributed by atoms with Crippen molar-refractivity contribution >= 4 is 20.9 Å². The van der Waals surface area contributed by atoms with Gasteiger partial charge in [0.1, 0.15) is 17.3 Å². The maximum absolute atomic E-state index is 11.8. The summed E-state index contributed by atoms with van der Waals surface area (Å²) in [6.07, 6.45) is 1.01. The number of carbonyl (C=O) groups is 1. The second-order valence-corrected chi connectivity index (χ2v) is 5.81. The Bertz CT molecular complexity index is 688. The molecule has 1 heterocycles. The van der Waals surface area contributed by atoms with Crippen molar-refractivity contribution in [3.63, 3.8) is 0 Å². The zero-order valence-corrected chi connectivity index (χ0v) is 10.8. The first-order valence-corrected chi connectivity index (χ1v) is 6.85. The molecular weight excluding hydrogens is 270 g/mol. The van der Waals surface area contributed by atoms with Crippen molar-refractivity contribution in [2.45, 2.75) is 6.92 Å². The van der Waals surface area contributed by atoms with Gasteiger partial charge in [0, 0.05) is 6.20 Å².